The maximum absolute atomic E-state index is 11.7. The summed E-state index contributed by atoms with van der Waals surface area (Å²) < 4.78 is 8.29. The van der Waals surface area contributed by atoms with E-state index in [0.29, 0.717) is 22.2 Å². The maximum atomic E-state index is 11.7. The number of anilines is 1. The summed E-state index contributed by atoms with van der Waals surface area (Å²) in [6.45, 7) is 3.01. The number of halogens is 1. The van der Waals surface area contributed by atoms with Gasteiger partial charge in [-0.15, -0.1) is 0 Å². The second-order valence-corrected chi connectivity index (χ2v) is 7.42. The van der Waals surface area contributed by atoms with Gasteiger partial charge in [-0.1, -0.05) is 13.0 Å². The molecule has 2 aromatic carbocycles. The third-order valence-corrected chi connectivity index (χ3v) is 5.10. The number of aromatic nitrogens is 4. The Labute approximate surface area is 175 Å². The minimum Gasteiger partial charge on any atom is -0.423 e. The molecule has 0 aliphatic rings. The molecule has 0 radical (unpaired) electrons. The van der Waals surface area contributed by atoms with Gasteiger partial charge < -0.3 is 15.8 Å². The second-order valence-electron chi connectivity index (χ2n) is 6.56. The Morgan fingerprint density at radius 1 is 1.31 bits per heavy atom. The van der Waals surface area contributed by atoms with E-state index in [1.165, 1.54) is 0 Å². The number of fused-ring (bicyclic) bond motifs is 3. The molecule has 4 rings (SSSR count). The summed E-state index contributed by atoms with van der Waals surface area (Å²) in [6.07, 6.45) is 2.72. The monoisotopic (exact) mass is 454 g/mol. The molecule has 148 valence electrons. The predicted molar refractivity (Wildman–Crippen MR) is 115 cm³/mol. The van der Waals surface area contributed by atoms with E-state index >= 15 is 0 Å². The third kappa shape index (κ3) is 3.61. The second kappa shape index (κ2) is 7.67. The van der Waals surface area contributed by atoms with Crippen molar-refractivity contribution in [2.75, 3.05) is 11.9 Å². The van der Waals surface area contributed by atoms with Crippen LogP contribution in [0.25, 0.3) is 21.8 Å². The quantitative estimate of drug-likeness (QED) is 0.455. The molecule has 0 fully saturated rings. The van der Waals surface area contributed by atoms with Crippen LogP contribution in [0.3, 0.4) is 0 Å². The van der Waals surface area contributed by atoms with Gasteiger partial charge in [-0.2, -0.15) is 10.1 Å². The van der Waals surface area contributed by atoms with Crippen molar-refractivity contribution in [3.8, 4) is 11.8 Å². The average Bonchev–Trinajstić information content (AvgIpc) is 3.05. The lowest BCUT2D eigenvalue weighted by molar-refractivity contribution is 0.0996. The first kappa shape index (κ1) is 19.1. The summed E-state index contributed by atoms with van der Waals surface area (Å²) in [4.78, 5) is 20.5. The number of hydrogen-bond donors (Lipinski definition) is 2. The van der Waals surface area contributed by atoms with Crippen LogP contribution in [-0.2, 0) is 7.05 Å². The average molecular weight is 455 g/mol. The molecular formula is C20H19BrN6O2. The molecule has 0 bridgehead atoms. The first-order chi connectivity index (χ1) is 14.0. The summed E-state index contributed by atoms with van der Waals surface area (Å²) in [5.41, 5.74) is 7.99. The van der Waals surface area contributed by atoms with Crippen molar-refractivity contribution in [2.24, 2.45) is 12.8 Å². The van der Waals surface area contributed by atoms with Gasteiger partial charge in [0.15, 0.2) is 5.69 Å². The number of rotatable bonds is 6. The normalized spacial score (nSPS) is 11.1. The molecule has 8 nitrogen and oxygen atoms in total. The highest BCUT2D eigenvalue weighted by Crippen LogP contribution is 2.32. The lowest BCUT2D eigenvalue weighted by atomic mass is 10.1. The standard InChI is InChI=1S/C20H19BrN6O2/c1-3-8-23-12-5-7-15(14(21)9-12)29-20-24-10-11-4-6-13-17(19(22)28)26-27(2)18(13)16(11)25-20/h4-7,9-10,23H,3,8H2,1-2H3,(H2,22,28). The number of nitrogens with zero attached hydrogens (tertiary/aromatic N) is 4. The minimum atomic E-state index is -0.582. The van der Waals surface area contributed by atoms with E-state index in [1.807, 2.05) is 24.3 Å². The molecule has 0 unspecified atom stereocenters. The van der Waals surface area contributed by atoms with Crippen molar-refractivity contribution in [1.82, 2.24) is 19.7 Å². The third-order valence-electron chi connectivity index (χ3n) is 4.48. The molecule has 0 spiro atoms. The number of carbonyl (C=O) groups is 1. The number of primary amides is 1. The first-order valence-corrected chi connectivity index (χ1v) is 9.90. The molecule has 0 atom stereocenters. The Balaban J connectivity index is 1.74. The zero-order valence-corrected chi connectivity index (χ0v) is 17.5. The summed E-state index contributed by atoms with van der Waals surface area (Å²) in [5, 5.41) is 9.00. The fraction of sp³-hybridized carbons (Fsp3) is 0.200. The summed E-state index contributed by atoms with van der Waals surface area (Å²) in [6, 6.07) is 9.57. The highest BCUT2D eigenvalue weighted by Gasteiger charge is 2.17. The molecule has 2 heterocycles. The zero-order valence-electron chi connectivity index (χ0n) is 15.9. The van der Waals surface area contributed by atoms with Gasteiger partial charge in [0.25, 0.3) is 5.91 Å². The topological polar surface area (TPSA) is 108 Å². The van der Waals surface area contributed by atoms with Gasteiger partial charge in [-0.05, 0) is 46.6 Å². The Morgan fingerprint density at radius 3 is 2.86 bits per heavy atom. The van der Waals surface area contributed by atoms with Crippen molar-refractivity contribution >= 4 is 49.3 Å². The van der Waals surface area contributed by atoms with Gasteiger partial charge in [-0.3, -0.25) is 9.48 Å². The van der Waals surface area contributed by atoms with Gasteiger partial charge in [0.05, 0.1) is 9.99 Å². The van der Waals surface area contributed by atoms with Crippen LogP contribution in [-0.4, -0.2) is 32.2 Å². The van der Waals surface area contributed by atoms with E-state index in [1.54, 1.807) is 24.0 Å². The number of carbonyl (C=O) groups excluding carboxylic acids is 1. The molecule has 29 heavy (non-hydrogen) atoms. The van der Waals surface area contributed by atoms with Crippen molar-refractivity contribution in [2.45, 2.75) is 13.3 Å². The summed E-state index contributed by atoms with van der Waals surface area (Å²) in [5.74, 6) is 0.0163. The number of nitrogens with two attached hydrogens (primary N) is 1. The van der Waals surface area contributed by atoms with Gasteiger partial charge in [-0.25, -0.2) is 4.98 Å². The Morgan fingerprint density at radius 2 is 2.14 bits per heavy atom. The lowest BCUT2D eigenvalue weighted by Gasteiger charge is -2.10. The molecule has 0 aliphatic heterocycles. The van der Waals surface area contributed by atoms with Crippen LogP contribution in [0.15, 0.2) is 41.0 Å². The van der Waals surface area contributed by atoms with Gasteiger partial charge in [0, 0.05) is 36.2 Å². The number of ether oxygens (including phenoxy) is 1. The first-order valence-electron chi connectivity index (χ1n) is 9.11. The van der Waals surface area contributed by atoms with Crippen LogP contribution >= 0.6 is 15.9 Å². The van der Waals surface area contributed by atoms with Crippen molar-refractivity contribution in [3.63, 3.8) is 0 Å². The maximum Gasteiger partial charge on any atom is 0.322 e. The van der Waals surface area contributed by atoms with E-state index in [-0.39, 0.29) is 11.7 Å². The Kier molecular flexibility index (Phi) is 5.06. The van der Waals surface area contributed by atoms with Crippen LogP contribution in [0.5, 0.6) is 11.8 Å². The molecule has 4 aromatic rings. The lowest BCUT2D eigenvalue weighted by Crippen LogP contribution is -2.12. The highest BCUT2D eigenvalue weighted by atomic mass is 79.9. The summed E-state index contributed by atoms with van der Waals surface area (Å²) in [7, 11) is 1.75. The van der Waals surface area contributed by atoms with Crippen LogP contribution in [0, 0.1) is 0 Å². The minimum absolute atomic E-state index is 0.196. The zero-order chi connectivity index (χ0) is 20.5. The van der Waals surface area contributed by atoms with Crippen LogP contribution < -0.4 is 15.8 Å². The van der Waals surface area contributed by atoms with Crippen LogP contribution in [0.4, 0.5) is 5.69 Å². The largest absolute Gasteiger partial charge is 0.423 e. The SMILES string of the molecule is CCCNc1ccc(Oc2ncc3ccc4c(C(N)=O)nn(C)c4c3n2)c(Br)c1. The Bertz CT molecular complexity index is 1240. The number of benzene rings is 2. The number of hydrogen-bond acceptors (Lipinski definition) is 6. The van der Waals surface area contributed by atoms with Crippen molar-refractivity contribution in [3.05, 3.63) is 46.7 Å². The van der Waals surface area contributed by atoms with Gasteiger partial charge >= 0.3 is 6.01 Å². The molecule has 0 saturated carbocycles. The van der Waals surface area contributed by atoms with E-state index in [4.69, 9.17) is 10.5 Å². The molecule has 0 aliphatic carbocycles. The van der Waals surface area contributed by atoms with E-state index in [0.717, 1.165) is 28.5 Å². The highest BCUT2D eigenvalue weighted by molar-refractivity contribution is 9.10. The van der Waals surface area contributed by atoms with Gasteiger partial charge in [0.2, 0.25) is 0 Å². The predicted octanol–water partition coefficient (Wildman–Crippen LogP) is 3.99. The summed E-state index contributed by atoms with van der Waals surface area (Å²) >= 11 is 3.53. The van der Waals surface area contributed by atoms with Crippen molar-refractivity contribution in [1.29, 1.82) is 0 Å². The molecule has 0 saturated heterocycles. The smallest absolute Gasteiger partial charge is 0.322 e. The fourth-order valence-electron chi connectivity index (χ4n) is 3.13. The molecular weight excluding hydrogens is 436 g/mol. The van der Waals surface area contributed by atoms with E-state index in [2.05, 4.69) is 43.2 Å². The van der Waals surface area contributed by atoms with Crippen LogP contribution in [0.2, 0.25) is 0 Å². The van der Waals surface area contributed by atoms with E-state index < -0.39 is 5.91 Å². The molecule has 1 amide bonds. The number of nitrogens with one attached hydrogen (secondary N) is 1. The molecule has 2 aromatic heterocycles. The van der Waals surface area contributed by atoms with Crippen molar-refractivity contribution < 1.29 is 9.53 Å². The number of amides is 1. The van der Waals surface area contributed by atoms with Crippen LogP contribution in [0.1, 0.15) is 23.8 Å². The van der Waals surface area contributed by atoms with E-state index in [9.17, 15) is 4.79 Å². The number of aryl methyl sites for hydroxylation is 1. The Hall–Kier alpha value is -3.20. The fourth-order valence-corrected chi connectivity index (χ4v) is 3.59. The molecule has 9 heteroatoms. The molecule has 3 N–H and O–H groups in total. The van der Waals surface area contributed by atoms with Gasteiger partial charge in [0.1, 0.15) is 11.3 Å².